The van der Waals surface area contributed by atoms with Crippen LogP contribution >= 0.6 is 0 Å². The highest BCUT2D eigenvalue weighted by Crippen LogP contribution is 2.21. The summed E-state index contributed by atoms with van der Waals surface area (Å²) in [6.07, 6.45) is 1.21. The Kier molecular flexibility index (Phi) is 4.78. The molecule has 1 aromatic rings. The van der Waals surface area contributed by atoms with E-state index in [1.165, 1.54) is 12.0 Å². The summed E-state index contributed by atoms with van der Waals surface area (Å²) in [7, 11) is 1.61. The van der Waals surface area contributed by atoms with Crippen LogP contribution in [0.5, 0.6) is 5.75 Å². The SMILES string of the molecule is CCN(Cc1ccc(C#N)c(OC)c1)C1CCNC1. The molecule has 1 aliphatic rings. The third-order valence-corrected chi connectivity index (χ3v) is 3.73. The van der Waals surface area contributed by atoms with Crippen LogP contribution < -0.4 is 10.1 Å². The fourth-order valence-corrected chi connectivity index (χ4v) is 2.61. The number of nitrogens with one attached hydrogen (secondary N) is 1. The van der Waals surface area contributed by atoms with Crippen molar-refractivity contribution >= 4 is 0 Å². The maximum absolute atomic E-state index is 8.99. The van der Waals surface area contributed by atoms with E-state index in [-0.39, 0.29) is 0 Å². The van der Waals surface area contributed by atoms with Gasteiger partial charge < -0.3 is 10.1 Å². The van der Waals surface area contributed by atoms with Crippen LogP contribution in [0.4, 0.5) is 0 Å². The Morgan fingerprint density at radius 2 is 2.37 bits per heavy atom. The van der Waals surface area contributed by atoms with Gasteiger partial charge in [0.2, 0.25) is 0 Å². The molecule has 0 radical (unpaired) electrons. The molecule has 102 valence electrons. The molecule has 1 heterocycles. The van der Waals surface area contributed by atoms with Gasteiger partial charge in [0, 0.05) is 19.1 Å². The van der Waals surface area contributed by atoms with Gasteiger partial charge in [0.05, 0.1) is 12.7 Å². The van der Waals surface area contributed by atoms with Crippen LogP contribution in [0.1, 0.15) is 24.5 Å². The van der Waals surface area contributed by atoms with Crippen molar-refractivity contribution in [3.63, 3.8) is 0 Å². The van der Waals surface area contributed by atoms with Gasteiger partial charge in [0.1, 0.15) is 11.8 Å². The van der Waals surface area contributed by atoms with E-state index in [4.69, 9.17) is 10.00 Å². The van der Waals surface area contributed by atoms with Crippen LogP contribution in [0.3, 0.4) is 0 Å². The predicted octanol–water partition coefficient (Wildman–Crippen LogP) is 1.75. The molecule has 1 fully saturated rings. The topological polar surface area (TPSA) is 48.3 Å². The van der Waals surface area contributed by atoms with Gasteiger partial charge in [-0.3, -0.25) is 4.90 Å². The first-order valence-corrected chi connectivity index (χ1v) is 6.80. The molecule has 0 bridgehead atoms. The van der Waals surface area contributed by atoms with E-state index < -0.39 is 0 Å². The molecule has 0 aromatic heterocycles. The standard InChI is InChI=1S/C15H21N3O/c1-3-18(14-6-7-17-10-14)11-12-4-5-13(9-16)15(8-12)19-2/h4-5,8,14,17H,3,6-7,10-11H2,1-2H3. The van der Waals surface area contributed by atoms with Crippen LogP contribution in [-0.2, 0) is 6.54 Å². The van der Waals surface area contributed by atoms with Crippen molar-refractivity contribution in [1.29, 1.82) is 5.26 Å². The zero-order valence-corrected chi connectivity index (χ0v) is 11.6. The van der Waals surface area contributed by atoms with E-state index in [9.17, 15) is 0 Å². The summed E-state index contributed by atoms with van der Waals surface area (Å²) in [6, 6.07) is 8.60. The zero-order chi connectivity index (χ0) is 13.7. The summed E-state index contributed by atoms with van der Waals surface area (Å²) < 4.78 is 5.26. The largest absolute Gasteiger partial charge is 0.495 e. The lowest BCUT2D eigenvalue weighted by Gasteiger charge is -2.27. The van der Waals surface area contributed by atoms with Crippen molar-refractivity contribution in [2.24, 2.45) is 0 Å². The van der Waals surface area contributed by atoms with E-state index in [1.54, 1.807) is 7.11 Å². The van der Waals surface area contributed by atoms with Gasteiger partial charge in [-0.1, -0.05) is 13.0 Å². The molecule has 19 heavy (non-hydrogen) atoms. The summed E-state index contributed by atoms with van der Waals surface area (Å²) >= 11 is 0. The molecule has 1 unspecified atom stereocenters. The molecule has 0 amide bonds. The number of nitrogens with zero attached hydrogens (tertiary/aromatic N) is 2. The van der Waals surface area contributed by atoms with Crippen molar-refractivity contribution in [2.45, 2.75) is 25.9 Å². The molecule has 1 atom stereocenters. The van der Waals surface area contributed by atoms with Crippen molar-refractivity contribution in [3.8, 4) is 11.8 Å². The summed E-state index contributed by atoms with van der Waals surface area (Å²) in [5.74, 6) is 0.667. The molecule has 2 rings (SSSR count). The summed E-state index contributed by atoms with van der Waals surface area (Å²) in [5.41, 5.74) is 1.79. The maximum atomic E-state index is 8.99. The molecule has 0 saturated carbocycles. The minimum absolute atomic E-state index is 0.594. The van der Waals surface area contributed by atoms with Crippen molar-refractivity contribution in [2.75, 3.05) is 26.7 Å². The van der Waals surface area contributed by atoms with Crippen molar-refractivity contribution < 1.29 is 4.74 Å². The first-order chi connectivity index (χ1) is 9.28. The molecule has 1 aliphatic heterocycles. The third-order valence-electron chi connectivity index (χ3n) is 3.73. The van der Waals surface area contributed by atoms with E-state index in [1.807, 2.05) is 18.2 Å². The number of hydrogen-bond acceptors (Lipinski definition) is 4. The Labute approximate surface area is 115 Å². The van der Waals surface area contributed by atoms with Crippen LogP contribution in [0, 0.1) is 11.3 Å². The van der Waals surface area contributed by atoms with Gasteiger partial charge in [-0.2, -0.15) is 5.26 Å². The van der Waals surface area contributed by atoms with Gasteiger partial charge in [-0.05, 0) is 37.2 Å². The molecule has 0 spiro atoms. The summed E-state index contributed by atoms with van der Waals surface area (Å²) in [5, 5.41) is 12.4. The molecule has 1 N–H and O–H groups in total. The molecule has 0 aliphatic carbocycles. The number of ether oxygens (including phenoxy) is 1. The number of rotatable bonds is 5. The number of benzene rings is 1. The fourth-order valence-electron chi connectivity index (χ4n) is 2.61. The van der Waals surface area contributed by atoms with Gasteiger partial charge in [-0.25, -0.2) is 0 Å². The maximum Gasteiger partial charge on any atom is 0.136 e. The number of nitriles is 1. The average molecular weight is 259 g/mol. The second-order valence-electron chi connectivity index (χ2n) is 4.86. The molecular weight excluding hydrogens is 238 g/mol. The molecule has 1 saturated heterocycles. The number of hydrogen-bond donors (Lipinski definition) is 1. The fraction of sp³-hybridized carbons (Fsp3) is 0.533. The van der Waals surface area contributed by atoms with Gasteiger partial charge in [0.15, 0.2) is 0 Å². The smallest absolute Gasteiger partial charge is 0.136 e. The first-order valence-electron chi connectivity index (χ1n) is 6.80. The minimum atomic E-state index is 0.594. The first kappa shape index (κ1) is 13.9. The lowest BCUT2D eigenvalue weighted by atomic mass is 10.1. The summed E-state index contributed by atoms with van der Waals surface area (Å²) in [4.78, 5) is 2.47. The Bertz CT molecular complexity index is 461. The van der Waals surface area contributed by atoms with Crippen molar-refractivity contribution in [3.05, 3.63) is 29.3 Å². The molecule has 1 aromatic carbocycles. The van der Waals surface area contributed by atoms with Crippen molar-refractivity contribution in [1.82, 2.24) is 10.2 Å². The Morgan fingerprint density at radius 1 is 1.53 bits per heavy atom. The third kappa shape index (κ3) is 3.25. The Morgan fingerprint density at radius 3 is 2.95 bits per heavy atom. The molecule has 4 nitrogen and oxygen atoms in total. The highest BCUT2D eigenvalue weighted by atomic mass is 16.5. The van der Waals surface area contributed by atoms with E-state index in [2.05, 4.69) is 23.2 Å². The average Bonchev–Trinajstić information content (AvgIpc) is 2.98. The van der Waals surface area contributed by atoms with Gasteiger partial charge >= 0.3 is 0 Å². The normalized spacial score (nSPS) is 18.5. The Hall–Kier alpha value is -1.57. The zero-order valence-electron chi connectivity index (χ0n) is 11.6. The van der Waals surface area contributed by atoms with Crippen LogP contribution in [0.2, 0.25) is 0 Å². The highest BCUT2D eigenvalue weighted by Gasteiger charge is 2.21. The monoisotopic (exact) mass is 259 g/mol. The lowest BCUT2D eigenvalue weighted by Crippen LogP contribution is -2.36. The molecular formula is C15H21N3O. The van der Waals surface area contributed by atoms with Gasteiger partial charge in [0.25, 0.3) is 0 Å². The predicted molar refractivity (Wildman–Crippen MR) is 75.1 cm³/mol. The van der Waals surface area contributed by atoms with Crippen LogP contribution in [0.15, 0.2) is 18.2 Å². The van der Waals surface area contributed by atoms with E-state index >= 15 is 0 Å². The van der Waals surface area contributed by atoms with E-state index in [0.29, 0.717) is 17.4 Å². The lowest BCUT2D eigenvalue weighted by molar-refractivity contribution is 0.210. The second kappa shape index (κ2) is 6.55. The second-order valence-corrected chi connectivity index (χ2v) is 4.86. The van der Waals surface area contributed by atoms with Crippen LogP contribution in [-0.4, -0.2) is 37.7 Å². The highest BCUT2D eigenvalue weighted by molar-refractivity contribution is 5.45. The number of likely N-dealkylation sites (N-methyl/N-ethyl adjacent to an activating group) is 1. The van der Waals surface area contributed by atoms with Gasteiger partial charge in [-0.15, -0.1) is 0 Å². The quantitative estimate of drug-likeness (QED) is 0.875. The van der Waals surface area contributed by atoms with Crippen LogP contribution in [0.25, 0.3) is 0 Å². The number of methoxy groups -OCH3 is 1. The molecule has 4 heteroatoms. The van der Waals surface area contributed by atoms with E-state index in [0.717, 1.165) is 26.2 Å². The minimum Gasteiger partial charge on any atom is -0.495 e. The Balaban J connectivity index is 2.11. The summed E-state index contributed by atoms with van der Waals surface area (Å²) in [6.45, 7) is 6.32.